The van der Waals surface area contributed by atoms with Gasteiger partial charge in [0.05, 0.1) is 15.0 Å². The molecule has 0 aliphatic carbocycles. The van der Waals surface area contributed by atoms with Crippen LogP contribution in [0.15, 0.2) is 42.0 Å². The van der Waals surface area contributed by atoms with Gasteiger partial charge >= 0.3 is 0 Å². The first-order valence-corrected chi connectivity index (χ1v) is 7.78. The molecule has 1 amide bonds. The Kier molecular flexibility index (Phi) is 5.99. The fraction of sp³-hybridized carbons (Fsp3) is 0. The summed E-state index contributed by atoms with van der Waals surface area (Å²) in [6.45, 7) is 0. The summed E-state index contributed by atoms with van der Waals surface area (Å²) in [4.78, 5) is 22.4. The van der Waals surface area contributed by atoms with Crippen LogP contribution in [0.25, 0.3) is 6.08 Å². The van der Waals surface area contributed by atoms with E-state index in [2.05, 4.69) is 5.32 Å². The van der Waals surface area contributed by atoms with Gasteiger partial charge in [0.2, 0.25) is 0 Å². The number of benzene rings is 2. The summed E-state index contributed by atoms with van der Waals surface area (Å²) in [7, 11) is 0. The van der Waals surface area contributed by atoms with E-state index < -0.39 is 10.8 Å². The molecule has 2 aromatic rings. The highest BCUT2D eigenvalue weighted by Crippen LogP contribution is 2.29. The average molecular weight is 397 g/mol. The fourth-order valence-corrected chi connectivity index (χ4v) is 2.41. The van der Waals surface area contributed by atoms with Gasteiger partial charge in [-0.25, -0.2) is 0 Å². The molecule has 0 aliphatic rings. The Labute approximate surface area is 157 Å². The van der Waals surface area contributed by atoms with E-state index in [9.17, 15) is 20.2 Å². The van der Waals surface area contributed by atoms with Crippen molar-refractivity contribution < 1.29 is 9.72 Å². The summed E-state index contributed by atoms with van der Waals surface area (Å²) in [6.07, 6.45) is 1.27. The molecule has 2 rings (SSSR count). The zero-order valence-electron chi connectivity index (χ0n) is 12.3. The van der Waals surface area contributed by atoms with Gasteiger partial charge in [-0.1, -0.05) is 46.9 Å². The first kappa shape index (κ1) is 18.7. The van der Waals surface area contributed by atoms with Crippen molar-refractivity contribution in [3.05, 3.63) is 72.7 Å². The number of nitriles is 1. The molecule has 0 bridgehead atoms. The Bertz CT molecular complexity index is 936. The SMILES string of the molecule is N#C/C(=C\c1cccc(Cl)c1Cl)C(=O)Nc1ccc(Cl)c([N+](=O)[O-])c1. The van der Waals surface area contributed by atoms with Crippen LogP contribution in [0.1, 0.15) is 5.56 Å². The lowest BCUT2D eigenvalue weighted by atomic mass is 10.1. The lowest BCUT2D eigenvalue weighted by molar-refractivity contribution is -0.384. The quantitative estimate of drug-likeness (QED) is 0.336. The van der Waals surface area contributed by atoms with Crippen molar-refractivity contribution in [1.82, 2.24) is 0 Å². The molecule has 0 heterocycles. The second-order valence-electron chi connectivity index (χ2n) is 4.69. The number of nitrogens with zero attached hydrogens (tertiary/aromatic N) is 2. The monoisotopic (exact) mass is 395 g/mol. The Morgan fingerprint density at radius 3 is 2.56 bits per heavy atom. The van der Waals surface area contributed by atoms with E-state index in [1.54, 1.807) is 24.3 Å². The van der Waals surface area contributed by atoms with Gasteiger partial charge in [0.25, 0.3) is 11.6 Å². The highest BCUT2D eigenvalue weighted by atomic mass is 35.5. The second-order valence-corrected chi connectivity index (χ2v) is 5.88. The van der Waals surface area contributed by atoms with Crippen LogP contribution in [0.4, 0.5) is 11.4 Å². The first-order valence-electron chi connectivity index (χ1n) is 6.64. The molecule has 126 valence electrons. The van der Waals surface area contributed by atoms with Crippen molar-refractivity contribution in [3.8, 4) is 6.07 Å². The van der Waals surface area contributed by atoms with Crippen molar-refractivity contribution in [2.45, 2.75) is 0 Å². The Morgan fingerprint density at radius 2 is 1.92 bits per heavy atom. The standard InChI is InChI=1S/C16H8Cl3N3O3/c17-12-5-4-11(7-14(12)22(24)25)21-16(23)10(8-20)6-9-2-1-3-13(18)15(9)19/h1-7H,(H,21,23)/b10-6+. The molecule has 0 radical (unpaired) electrons. The van der Waals surface area contributed by atoms with Crippen molar-refractivity contribution in [3.63, 3.8) is 0 Å². The molecule has 0 fully saturated rings. The number of carbonyl (C=O) groups is 1. The maximum atomic E-state index is 12.2. The molecule has 0 spiro atoms. The fourth-order valence-electron chi connectivity index (χ4n) is 1.86. The third kappa shape index (κ3) is 4.48. The third-order valence-electron chi connectivity index (χ3n) is 3.05. The predicted molar refractivity (Wildman–Crippen MR) is 96.8 cm³/mol. The van der Waals surface area contributed by atoms with Crippen LogP contribution >= 0.6 is 34.8 Å². The van der Waals surface area contributed by atoms with Crippen LogP contribution in [-0.2, 0) is 4.79 Å². The molecule has 0 saturated carbocycles. The summed E-state index contributed by atoms with van der Waals surface area (Å²) in [5.41, 5.74) is -0.0935. The van der Waals surface area contributed by atoms with Crippen molar-refractivity contribution in [1.29, 1.82) is 5.26 Å². The van der Waals surface area contributed by atoms with E-state index >= 15 is 0 Å². The lowest BCUT2D eigenvalue weighted by Gasteiger charge is -2.06. The molecule has 0 aliphatic heterocycles. The topological polar surface area (TPSA) is 96.0 Å². The molecule has 1 N–H and O–H groups in total. The molecule has 2 aromatic carbocycles. The number of amides is 1. The Hall–Kier alpha value is -2.59. The van der Waals surface area contributed by atoms with E-state index in [0.717, 1.165) is 6.07 Å². The predicted octanol–water partition coefficient (Wildman–Crippen LogP) is 5.10. The number of nitro benzene ring substituents is 1. The van der Waals surface area contributed by atoms with Gasteiger partial charge in [-0.3, -0.25) is 14.9 Å². The van der Waals surface area contributed by atoms with E-state index in [0.29, 0.717) is 5.56 Å². The third-order valence-corrected chi connectivity index (χ3v) is 4.20. The first-order chi connectivity index (χ1) is 11.8. The van der Waals surface area contributed by atoms with E-state index in [1.165, 1.54) is 18.2 Å². The minimum Gasteiger partial charge on any atom is -0.321 e. The minimum absolute atomic E-state index is 0.0650. The van der Waals surface area contributed by atoms with E-state index in [4.69, 9.17) is 34.8 Å². The van der Waals surface area contributed by atoms with Crippen molar-refractivity contribution in [2.75, 3.05) is 5.32 Å². The summed E-state index contributed by atoms with van der Waals surface area (Å²) in [5, 5.41) is 22.9. The van der Waals surface area contributed by atoms with E-state index in [1.807, 2.05) is 0 Å². The number of nitro groups is 1. The van der Waals surface area contributed by atoms with Crippen LogP contribution in [-0.4, -0.2) is 10.8 Å². The molecule has 25 heavy (non-hydrogen) atoms. The molecule has 0 saturated heterocycles. The number of halogens is 3. The summed E-state index contributed by atoms with van der Waals surface area (Å²) < 4.78 is 0. The maximum absolute atomic E-state index is 12.2. The minimum atomic E-state index is -0.754. The van der Waals surface area contributed by atoms with Crippen LogP contribution < -0.4 is 5.32 Å². The Morgan fingerprint density at radius 1 is 1.20 bits per heavy atom. The van der Waals surface area contributed by atoms with Crippen LogP contribution in [0.3, 0.4) is 0 Å². The molecule has 0 unspecified atom stereocenters. The number of anilines is 1. The smallest absolute Gasteiger partial charge is 0.289 e. The lowest BCUT2D eigenvalue weighted by Crippen LogP contribution is -2.13. The highest BCUT2D eigenvalue weighted by Gasteiger charge is 2.16. The average Bonchev–Trinajstić information content (AvgIpc) is 2.57. The van der Waals surface area contributed by atoms with Gasteiger partial charge in [-0.15, -0.1) is 0 Å². The van der Waals surface area contributed by atoms with Gasteiger partial charge in [0.1, 0.15) is 16.7 Å². The summed E-state index contributed by atoms with van der Waals surface area (Å²) >= 11 is 17.6. The number of hydrogen-bond acceptors (Lipinski definition) is 4. The summed E-state index contributed by atoms with van der Waals surface area (Å²) in [5.74, 6) is -0.754. The molecule has 0 atom stereocenters. The van der Waals surface area contributed by atoms with E-state index in [-0.39, 0.29) is 32.0 Å². The Balaban J connectivity index is 2.31. The van der Waals surface area contributed by atoms with Crippen molar-refractivity contribution in [2.24, 2.45) is 0 Å². The van der Waals surface area contributed by atoms with Gasteiger partial charge in [0.15, 0.2) is 0 Å². The number of hydrogen-bond donors (Lipinski definition) is 1. The van der Waals surface area contributed by atoms with Gasteiger partial charge in [-0.2, -0.15) is 5.26 Å². The largest absolute Gasteiger partial charge is 0.321 e. The van der Waals surface area contributed by atoms with Gasteiger partial charge in [0, 0.05) is 11.8 Å². The van der Waals surface area contributed by atoms with Crippen LogP contribution in [0, 0.1) is 21.4 Å². The maximum Gasteiger partial charge on any atom is 0.289 e. The zero-order chi connectivity index (χ0) is 18.6. The zero-order valence-corrected chi connectivity index (χ0v) is 14.6. The second kappa shape index (κ2) is 7.99. The molecule has 0 aromatic heterocycles. The molecule has 9 heteroatoms. The van der Waals surface area contributed by atoms with Crippen molar-refractivity contribution >= 4 is 58.2 Å². The molecule has 6 nitrogen and oxygen atoms in total. The van der Waals surface area contributed by atoms with Crippen LogP contribution in [0.5, 0.6) is 0 Å². The van der Waals surface area contributed by atoms with Gasteiger partial charge < -0.3 is 5.32 Å². The van der Waals surface area contributed by atoms with Gasteiger partial charge in [-0.05, 0) is 29.8 Å². The highest BCUT2D eigenvalue weighted by molar-refractivity contribution is 6.43. The summed E-state index contributed by atoms with van der Waals surface area (Å²) in [6, 6.07) is 10.3. The number of rotatable bonds is 4. The molecular weight excluding hydrogens is 389 g/mol. The normalized spacial score (nSPS) is 10.9. The number of nitrogens with one attached hydrogen (secondary N) is 1. The number of carbonyl (C=O) groups excluding carboxylic acids is 1. The molecular formula is C16H8Cl3N3O3. The van der Waals surface area contributed by atoms with Crippen LogP contribution in [0.2, 0.25) is 15.1 Å².